The monoisotopic (exact) mass is 217 g/mol. The molecule has 0 spiro atoms. The number of hydrogen-bond donors (Lipinski definition) is 1. The zero-order chi connectivity index (χ0) is 11.0. The zero-order valence-corrected chi connectivity index (χ0v) is 9.31. The Morgan fingerprint density at radius 2 is 2.50 bits per heavy atom. The van der Waals surface area contributed by atoms with Gasteiger partial charge in [-0.3, -0.25) is 0 Å². The van der Waals surface area contributed by atoms with Crippen LogP contribution in [0.25, 0.3) is 5.65 Å². The molecule has 3 heterocycles. The molecule has 0 radical (unpaired) electrons. The Hall–Kier alpha value is -1.55. The zero-order valence-electron chi connectivity index (χ0n) is 9.31. The van der Waals surface area contributed by atoms with Gasteiger partial charge in [0, 0.05) is 12.4 Å². The smallest absolute Gasteiger partial charge is 0.179 e. The van der Waals surface area contributed by atoms with E-state index in [0.717, 1.165) is 23.6 Å². The predicted molar refractivity (Wildman–Crippen MR) is 61.7 cm³/mol. The van der Waals surface area contributed by atoms with E-state index in [1.165, 1.54) is 12.8 Å². The second kappa shape index (κ2) is 3.79. The van der Waals surface area contributed by atoms with Crippen LogP contribution in [0.15, 0.2) is 24.5 Å². The number of hydrogen-bond acceptors (Lipinski definition) is 3. The molecule has 0 bridgehead atoms. The molecule has 1 unspecified atom stereocenters. The number of rotatable bonds is 2. The average Bonchev–Trinajstić information content (AvgIpc) is 2.96. The number of fused-ring (bicyclic) bond motifs is 1. The lowest BCUT2D eigenvalue weighted by atomic mass is 10.2. The summed E-state index contributed by atoms with van der Waals surface area (Å²) < 4.78 is 7.32. The van der Waals surface area contributed by atoms with E-state index in [0.29, 0.717) is 6.04 Å². The van der Waals surface area contributed by atoms with Gasteiger partial charge in [-0.2, -0.15) is 0 Å². The summed E-state index contributed by atoms with van der Waals surface area (Å²) in [6.07, 6.45) is 6.49. The third-order valence-electron chi connectivity index (χ3n) is 3.10. The minimum absolute atomic E-state index is 0.407. The highest BCUT2D eigenvalue weighted by Gasteiger charge is 2.19. The highest BCUT2D eigenvalue weighted by Crippen LogP contribution is 2.25. The molecule has 1 aliphatic rings. The number of nitrogens with one attached hydrogen (secondary N) is 1. The largest absolute Gasteiger partial charge is 0.493 e. The molecule has 1 saturated heterocycles. The van der Waals surface area contributed by atoms with Crippen molar-refractivity contribution in [2.75, 3.05) is 13.7 Å². The van der Waals surface area contributed by atoms with Gasteiger partial charge in [0.1, 0.15) is 0 Å². The lowest BCUT2D eigenvalue weighted by Gasteiger charge is -2.04. The van der Waals surface area contributed by atoms with Crippen molar-refractivity contribution in [2.24, 2.45) is 0 Å². The lowest BCUT2D eigenvalue weighted by molar-refractivity contribution is 0.417. The van der Waals surface area contributed by atoms with Crippen molar-refractivity contribution in [3.8, 4) is 5.75 Å². The van der Waals surface area contributed by atoms with Crippen LogP contribution in [0.5, 0.6) is 5.75 Å². The van der Waals surface area contributed by atoms with Gasteiger partial charge >= 0.3 is 0 Å². The number of nitrogens with zero attached hydrogens (tertiary/aromatic N) is 2. The quantitative estimate of drug-likeness (QED) is 0.833. The molecule has 16 heavy (non-hydrogen) atoms. The van der Waals surface area contributed by atoms with Crippen molar-refractivity contribution in [1.82, 2.24) is 14.7 Å². The van der Waals surface area contributed by atoms with Crippen LogP contribution in [0.1, 0.15) is 24.6 Å². The number of imidazole rings is 1. The third kappa shape index (κ3) is 1.46. The van der Waals surface area contributed by atoms with Gasteiger partial charge in [0.05, 0.1) is 18.8 Å². The van der Waals surface area contributed by atoms with Gasteiger partial charge in [-0.1, -0.05) is 0 Å². The molecule has 1 fully saturated rings. The van der Waals surface area contributed by atoms with Crippen molar-refractivity contribution in [2.45, 2.75) is 18.9 Å². The van der Waals surface area contributed by atoms with E-state index in [2.05, 4.69) is 16.5 Å². The van der Waals surface area contributed by atoms with E-state index in [4.69, 9.17) is 4.74 Å². The van der Waals surface area contributed by atoms with E-state index in [9.17, 15) is 0 Å². The molecule has 84 valence electrons. The van der Waals surface area contributed by atoms with Crippen LogP contribution in [0.2, 0.25) is 0 Å². The van der Waals surface area contributed by atoms with Crippen molar-refractivity contribution in [1.29, 1.82) is 0 Å². The maximum Gasteiger partial charge on any atom is 0.179 e. The Bertz CT molecular complexity index is 500. The summed E-state index contributed by atoms with van der Waals surface area (Å²) in [5.74, 6) is 0.826. The van der Waals surface area contributed by atoms with E-state index in [1.54, 1.807) is 7.11 Å². The van der Waals surface area contributed by atoms with E-state index < -0.39 is 0 Å². The molecule has 0 aromatic carbocycles. The molecule has 4 nitrogen and oxygen atoms in total. The normalized spacial score (nSPS) is 20.4. The Labute approximate surface area is 94.3 Å². The minimum atomic E-state index is 0.407. The SMILES string of the molecule is COc1cccn2cc(C3CCCN3)nc12. The number of aromatic nitrogens is 2. The Morgan fingerprint density at radius 3 is 3.25 bits per heavy atom. The lowest BCUT2D eigenvalue weighted by Crippen LogP contribution is -2.12. The Balaban J connectivity index is 2.07. The van der Waals surface area contributed by atoms with Gasteiger partial charge in [0.25, 0.3) is 0 Å². The van der Waals surface area contributed by atoms with Crippen LogP contribution in [0.3, 0.4) is 0 Å². The second-order valence-electron chi connectivity index (χ2n) is 4.12. The molecule has 1 N–H and O–H groups in total. The number of pyridine rings is 1. The molecule has 1 aliphatic heterocycles. The van der Waals surface area contributed by atoms with Gasteiger partial charge in [-0.15, -0.1) is 0 Å². The highest BCUT2D eigenvalue weighted by molar-refractivity contribution is 5.54. The van der Waals surface area contributed by atoms with Gasteiger partial charge in [-0.05, 0) is 31.5 Å². The molecule has 1 atom stereocenters. The molecule has 4 heteroatoms. The summed E-state index contributed by atoms with van der Waals surface area (Å²) in [6, 6.07) is 4.32. The molecule has 0 saturated carbocycles. The van der Waals surface area contributed by atoms with Crippen molar-refractivity contribution in [3.05, 3.63) is 30.2 Å². The molecule has 0 amide bonds. The van der Waals surface area contributed by atoms with Gasteiger partial charge in [-0.25, -0.2) is 4.98 Å². The first-order valence-corrected chi connectivity index (χ1v) is 5.63. The van der Waals surface area contributed by atoms with E-state index in [-0.39, 0.29) is 0 Å². The van der Waals surface area contributed by atoms with Crippen LogP contribution >= 0.6 is 0 Å². The second-order valence-corrected chi connectivity index (χ2v) is 4.12. The molecule has 3 rings (SSSR count). The maximum absolute atomic E-state index is 5.30. The summed E-state index contributed by atoms with van der Waals surface area (Å²) in [5, 5.41) is 3.45. The van der Waals surface area contributed by atoms with Crippen LogP contribution < -0.4 is 10.1 Å². The van der Waals surface area contributed by atoms with Crippen molar-refractivity contribution in [3.63, 3.8) is 0 Å². The number of ether oxygens (including phenoxy) is 1. The van der Waals surface area contributed by atoms with Crippen molar-refractivity contribution >= 4 is 5.65 Å². The Morgan fingerprint density at radius 1 is 1.56 bits per heavy atom. The van der Waals surface area contributed by atoms with Gasteiger partial charge in [0.2, 0.25) is 0 Å². The first-order valence-electron chi connectivity index (χ1n) is 5.63. The van der Waals surface area contributed by atoms with Crippen LogP contribution in [0, 0.1) is 0 Å². The standard InChI is InChI=1S/C12H15N3O/c1-16-11-5-3-7-15-8-10(14-12(11)15)9-4-2-6-13-9/h3,5,7-9,13H,2,4,6H2,1H3. The molecular weight excluding hydrogens is 202 g/mol. The van der Waals surface area contributed by atoms with Gasteiger partial charge < -0.3 is 14.5 Å². The molecule has 0 aliphatic carbocycles. The fourth-order valence-corrected chi connectivity index (χ4v) is 2.27. The van der Waals surface area contributed by atoms with Crippen LogP contribution in [-0.4, -0.2) is 23.0 Å². The summed E-state index contributed by atoms with van der Waals surface area (Å²) >= 11 is 0. The topological polar surface area (TPSA) is 38.6 Å². The predicted octanol–water partition coefficient (Wildman–Crippen LogP) is 1.77. The average molecular weight is 217 g/mol. The summed E-state index contributed by atoms with van der Waals surface area (Å²) in [5.41, 5.74) is 2.01. The maximum atomic E-state index is 5.30. The molecule has 2 aromatic rings. The van der Waals surface area contributed by atoms with Crippen LogP contribution in [-0.2, 0) is 0 Å². The van der Waals surface area contributed by atoms with E-state index in [1.807, 2.05) is 22.7 Å². The first-order chi connectivity index (χ1) is 7.88. The van der Waals surface area contributed by atoms with Crippen LogP contribution in [0.4, 0.5) is 0 Å². The first kappa shape index (κ1) is 9.66. The van der Waals surface area contributed by atoms with E-state index >= 15 is 0 Å². The number of methoxy groups -OCH3 is 1. The summed E-state index contributed by atoms with van der Waals surface area (Å²) in [6.45, 7) is 1.09. The third-order valence-corrected chi connectivity index (χ3v) is 3.10. The van der Waals surface area contributed by atoms with Gasteiger partial charge in [0.15, 0.2) is 11.4 Å². The summed E-state index contributed by atoms with van der Waals surface area (Å²) in [7, 11) is 1.68. The fraction of sp³-hybridized carbons (Fsp3) is 0.417. The van der Waals surface area contributed by atoms with Crippen molar-refractivity contribution < 1.29 is 4.74 Å². The minimum Gasteiger partial charge on any atom is -0.493 e. The summed E-state index contributed by atoms with van der Waals surface area (Å²) in [4.78, 5) is 4.64. The highest BCUT2D eigenvalue weighted by atomic mass is 16.5. The molecular formula is C12H15N3O. The molecule has 2 aromatic heterocycles. The Kier molecular flexibility index (Phi) is 2.29. The fourth-order valence-electron chi connectivity index (χ4n) is 2.27.